The SMILES string of the molecule is CCCCN1CC(C2CCCCC2)NCC1C(C)CC. The van der Waals surface area contributed by atoms with Gasteiger partial charge in [-0.1, -0.05) is 52.9 Å². The fraction of sp³-hybridized carbons (Fsp3) is 1.00. The zero-order valence-electron chi connectivity index (χ0n) is 14.0. The fourth-order valence-electron chi connectivity index (χ4n) is 4.16. The number of hydrogen-bond donors (Lipinski definition) is 1. The standard InChI is InChI=1S/C18H36N2/c1-4-6-12-20-14-17(16-10-8-7-9-11-16)19-13-18(20)15(3)5-2/h15-19H,4-14H2,1-3H3. The summed E-state index contributed by atoms with van der Waals surface area (Å²) >= 11 is 0. The van der Waals surface area contributed by atoms with Crippen molar-refractivity contribution in [2.75, 3.05) is 19.6 Å². The maximum atomic E-state index is 3.92. The Balaban J connectivity index is 1.92. The first kappa shape index (κ1) is 16.3. The molecule has 3 atom stereocenters. The first-order valence-corrected chi connectivity index (χ1v) is 9.23. The molecule has 0 aromatic heterocycles. The molecule has 1 saturated carbocycles. The molecule has 2 nitrogen and oxygen atoms in total. The van der Waals surface area contributed by atoms with E-state index < -0.39 is 0 Å². The van der Waals surface area contributed by atoms with E-state index in [0.717, 1.165) is 23.9 Å². The van der Waals surface area contributed by atoms with Gasteiger partial charge in [-0.2, -0.15) is 0 Å². The Kier molecular flexibility index (Phi) is 6.83. The van der Waals surface area contributed by atoms with Crippen LogP contribution in [0, 0.1) is 11.8 Å². The van der Waals surface area contributed by atoms with E-state index in [4.69, 9.17) is 0 Å². The van der Waals surface area contributed by atoms with Crippen LogP contribution in [0.1, 0.15) is 72.1 Å². The van der Waals surface area contributed by atoms with Crippen molar-refractivity contribution in [3.05, 3.63) is 0 Å². The highest BCUT2D eigenvalue weighted by Crippen LogP contribution is 2.29. The molecule has 0 spiro atoms. The smallest absolute Gasteiger partial charge is 0.0246 e. The molecule has 20 heavy (non-hydrogen) atoms. The van der Waals surface area contributed by atoms with Crippen molar-refractivity contribution in [2.24, 2.45) is 11.8 Å². The fourth-order valence-corrected chi connectivity index (χ4v) is 4.16. The predicted octanol–water partition coefficient (Wildman–Crippen LogP) is 4.06. The lowest BCUT2D eigenvalue weighted by atomic mass is 9.81. The molecule has 1 aliphatic heterocycles. The van der Waals surface area contributed by atoms with Gasteiger partial charge < -0.3 is 5.32 Å². The van der Waals surface area contributed by atoms with E-state index in [1.165, 1.54) is 71.0 Å². The number of rotatable bonds is 6. The van der Waals surface area contributed by atoms with Crippen molar-refractivity contribution < 1.29 is 0 Å². The number of nitrogens with zero attached hydrogens (tertiary/aromatic N) is 1. The molecule has 3 unspecified atom stereocenters. The van der Waals surface area contributed by atoms with Crippen LogP contribution in [-0.4, -0.2) is 36.6 Å². The van der Waals surface area contributed by atoms with Crippen molar-refractivity contribution in [2.45, 2.75) is 84.2 Å². The summed E-state index contributed by atoms with van der Waals surface area (Å²) in [6.45, 7) is 10.9. The molecule has 2 fully saturated rings. The summed E-state index contributed by atoms with van der Waals surface area (Å²) in [5, 5.41) is 3.92. The van der Waals surface area contributed by atoms with Crippen LogP contribution in [0.3, 0.4) is 0 Å². The van der Waals surface area contributed by atoms with Gasteiger partial charge in [0.25, 0.3) is 0 Å². The third-order valence-corrected chi connectivity index (χ3v) is 5.81. The molecule has 0 aromatic rings. The number of unbranched alkanes of at least 4 members (excludes halogenated alkanes) is 1. The predicted molar refractivity (Wildman–Crippen MR) is 88.1 cm³/mol. The highest BCUT2D eigenvalue weighted by atomic mass is 15.2. The number of nitrogens with one attached hydrogen (secondary N) is 1. The Morgan fingerprint density at radius 2 is 1.90 bits per heavy atom. The van der Waals surface area contributed by atoms with Gasteiger partial charge in [-0.05, 0) is 37.6 Å². The third-order valence-electron chi connectivity index (χ3n) is 5.81. The second-order valence-electron chi connectivity index (χ2n) is 7.21. The lowest BCUT2D eigenvalue weighted by Crippen LogP contribution is -2.60. The largest absolute Gasteiger partial charge is 0.311 e. The van der Waals surface area contributed by atoms with Crippen LogP contribution in [0.15, 0.2) is 0 Å². The Bertz CT molecular complexity index is 260. The minimum absolute atomic E-state index is 0.770. The minimum atomic E-state index is 0.770. The average Bonchev–Trinajstić information content (AvgIpc) is 2.52. The highest BCUT2D eigenvalue weighted by molar-refractivity contribution is 4.92. The second-order valence-corrected chi connectivity index (χ2v) is 7.21. The molecule has 1 saturated heterocycles. The second kappa shape index (κ2) is 8.38. The van der Waals surface area contributed by atoms with Crippen molar-refractivity contribution in [1.82, 2.24) is 10.2 Å². The maximum absolute atomic E-state index is 3.92. The number of piperazine rings is 1. The monoisotopic (exact) mass is 280 g/mol. The molecular formula is C18H36N2. The lowest BCUT2D eigenvalue weighted by Gasteiger charge is -2.46. The van der Waals surface area contributed by atoms with E-state index in [1.807, 2.05) is 0 Å². The van der Waals surface area contributed by atoms with Crippen LogP contribution in [0.2, 0.25) is 0 Å². The van der Waals surface area contributed by atoms with Gasteiger partial charge in [0.2, 0.25) is 0 Å². The van der Waals surface area contributed by atoms with Crippen molar-refractivity contribution in [3.63, 3.8) is 0 Å². The van der Waals surface area contributed by atoms with E-state index in [-0.39, 0.29) is 0 Å². The summed E-state index contributed by atoms with van der Waals surface area (Å²) < 4.78 is 0. The van der Waals surface area contributed by atoms with E-state index in [0.29, 0.717) is 0 Å². The molecule has 0 aromatic carbocycles. The Hall–Kier alpha value is -0.0800. The molecule has 0 bridgehead atoms. The maximum Gasteiger partial charge on any atom is 0.0246 e. The Labute approximate surface area is 126 Å². The van der Waals surface area contributed by atoms with Gasteiger partial charge in [0, 0.05) is 25.2 Å². The molecule has 1 heterocycles. The number of hydrogen-bond acceptors (Lipinski definition) is 2. The quantitative estimate of drug-likeness (QED) is 0.789. The molecular weight excluding hydrogens is 244 g/mol. The first-order chi connectivity index (χ1) is 9.76. The molecule has 2 heteroatoms. The Morgan fingerprint density at radius 3 is 2.55 bits per heavy atom. The van der Waals surface area contributed by atoms with Gasteiger partial charge in [-0.15, -0.1) is 0 Å². The summed E-state index contributed by atoms with van der Waals surface area (Å²) in [6.07, 6.45) is 11.3. The normalized spacial score (nSPS) is 31.4. The van der Waals surface area contributed by atoms with Crippen molar-refractivity contribution in [3.8, 4) is 0 Å². The van der Waals surface area contributed by atoms with E-state index in [9.17, 15) is 0 Å². The van der Waals surface area contributed by atoms with Gasteiger partial charge >= 0.3 is 0 Å². The van der Waals surface area contributed by atoms with Gasteiger partial charge in [0.1, 0.15) is 0 Å². The van der Waals surface area contributed by atoms with Crippen LogP contribution < -0.4 is 5.32 Å². The van der Waals surface area contributed by atoms with Gasteiger partial charge in [0.15, 0.2) is 0 Å². The van der Waals surface area contributed by atoms with Gasteiger partial charge in [-0.25, -0.2) is 0 Å². The molecule has 118 valence electrons. The molecule has 2 aliphatic rings. The highest BCUT2D eigenvalue weighted by Gasteiger charge is 2.34. The topological polar surface area (TPSA) is 15.3 Å². The van der Waals surface area contributed by atoms with Crippen LogP contribution in [0.4, 0.5) is 0 Å². The van der Waals surface area contributed by atoms with Crippen LogP contribution >= 0.6 is 0 Å². The zero-order valence-corrected chi connectivity index (χ0v) is 14.0. The first-order valence-electron chi connectivity index (χ1n) is 9.23. The van der Waals surface area contributed by atoms with E-state index in [1.54, 1.807) is 0 Å². The summed E-state index contributed by atoms with van der Waals surface area (Å²) in [6, 6.07) is 1.54. The molecule has 0 amide bonds. The minimum Gasteiger partial charge on any atom is -0.311 e. The summed E-state index contributed by atoms with van der Waals surface area (Å²) in [4.78, 5) is 2.83. The Morgan fingerprint density at radius 1 is 1.15 bits per heavy atom. The third kappa shape index (κ3) is 4.21. The van der Waals surface area contributed by atoms with Gasteiger partial charge in [0.05, 0.1) is 0 Å². The summed E-state index contributed by atoms with van der Waals surface area (Å²) in [5.41, 5.74) is 0. The van der Waals surface area contributed by atoms with Gasteiger partial charge in [-0.3, -0.25) is 4.90 Å². The molecule has 1 aliphatic carbocycles. The van der Waals surface area contributed by atoms with Crippen molar-refractivity contribution in [1.29, 1.82) is 0 Å². The lowest BCUT2D eigenvalue weighted by molar-refractivity contribution is 0.0657. The zero-order chi connectivity index (χ0) is 14.4. The molecule has 2 rings (SSSR count). The van der Waals surface area contributed by atoms with Crippen molar-refractivity contribution >= 4 is 0 Å². The summed E-state index contributed by atoms with van der Waals surface area (Å²) in [5.74, 6) is 1.78. The average molecular weight is 280 g/mol. The summed E-state index contributed by atoms with van der Waals surface area (Å²) in [7, 11) is 0. The molecule has 1 N–H and O–H groups in total. The van der Waals surface area contributed by atoms with E-state index in [2.05, 4.69) is 31.0 Å². The van der Waals surface area contributed by atoms with Crippen LogP contribution in [0.5, 0.6) is 0 Å². The van der Waals surface area contributed by atoms with Crippen LogP contribution in [-0.2, 0) is 0 Å². The van der Waals surface area contributed by atoms with E-state index >= 15 is 0 Å². The van der Waals surface area contributed by atoms with Crippen LogP contribution in [0.25, 0.3) is 0 Å². The molecule has 0 radical (unpaired) electrons.